The first-order chi connectivity index (χ1) is 10.3. The van der Waals surface area contributed by atoms with Crippen molar-refractivity contribution >= 4 is 11.8 Å². The van der Waals surface area contributed by atoms with E-state index in [0.717, 1.165) is 41.8 Å². The van der Waals surface area contributed by atoms with E-state index in [1.165, 1.54) is 24.3 Å². The predicted octanol–water partition coefficient (Wildman–Crippen LogP) is 2.95. The molecule has 1 aliphatic heterocycles. The second-order valence-electron chi connectivity index (χ2n) is 5.20. The standard InChI is InChI=1S/C16H25NO3S/c1-18-13-8-15(19-2)14(16(9-13)20-3)11-17-10-12-4-6-21-7-5-12/h8-9,12,17H,4-7,10-11H2,1-3H3. The van der Waals surface area contributed by atoms with Gasteiger partial charge in [0.2, 0.25) is 0 Å². The molecule has 0 radical (unpaired) electrons. The number of thioether (sulfide) groups is 1. The molecular formula is C16H25NO3S. The number of hydrogen-bond donors (Lipinski definition) is 1. The maximum absolute atomic E-state index is 5.47. The normalized spacial score (nSPS) is 15.8. The summed E-state index contributed by atoms with van der Waals surface area (Å²) in [7, 11) is 5.00. The lowest BCUT2D eigenvalue weighted by atomic mass is 10.0. The van der Waals surface area contributed by atoms with Crippen LogP contribution in [0.2, 0.25) is 0 Å². The molecule has 118 valence electrons. The summed E-state index contributed by atoms with van der Waals surface area (Å²) in [5.74, 6) is 5.73. The number of rotatable bonds is 7. The molecule has 1 fully saturated rings. The molecule has 0 aromatic heterocycles. The van der Waals surface area contributed by atoms with Crippen molar-refractivity contribution in [3.05, 3.63) is 17.7 Å². The van der Waals surface area contributed by atoms with Crippen LogP contribution in [0.25, 0.3) is 0 Å². The Hall–Kier alpha value is -1.07. The van der Waals surface area contributed by atoms with E-state index in [0.29, 0.717) is 0 Å². The Morgan fingerprint density at radius 1 is 1.05 bits per heavy atom. The molecule has 1 aliphatic rings. The topological polar surface area (TPSA) is 39.7 Å². The van der Waals surface area contributed by atoms with E-state index in [1.54, 1.807) is 21.3 Å². The van der Waals surface area contributed by atoms with E-state index in [1.807, 2.05) is 12.1 Å². The van der Waals surface area contributed by atoms with Gasteiger partial charge in [0, 0.05) is 18.7 Å². The molecule has 0 saturated carbocycles. The van der Waals surface area contributed by atoms with Crippen LogP contribution in [0.4, 0.5) is 0 Å². The molecule has 1 aromatic carbocycles. The fourth-order valence-electron chi connectivity index (χ4n) is 2.60. The molecule has 1 aromatic rings. The number of ether oxygens (including phenoxy) is 3. The van der Waals surface area contributed by atoms with Crippen molar-refractivity contribution < 1.29 is 14.2 Å². The lowest BCUT2D eigenvalue weighted by Gasteiger charge is -2.22. The van der Waals surface area contributed by atoms with Gasteiger partial charge >= 0.3 is 0 Å². The Kier molecular flexibility index (Phi) is 6.51. The molecule has 0 bridgehead atoms. The molecule has 0 spiro atoms. The Morgan fingerprint density at radius 3 is 2.19 bits per heavy atom. The summed E-state index contributed by atoms with van der Waals surface area (Å²) in [6.07, 6.45) is 2.63. The van der Waals surface area contributed by atoms with Crippen molar-refractivity contribution in [3.63, 3.8) is 0 Å². The van der Waals surface area contributed by atoms with Crippen LogP contribution in [0.3, 0.4) is 0 Å². The van der Waals surface area contributed by atoms with Gasteiger partial charge in [-0.2, -0.15) is 11.8 Å². The van der Waals surface area contributed by atoms with Gasteiger partial charge in [-0.3, -0.25) is 0 Å². The van der Waals surface area contributed by atoms with Crippen molar-refractivity contribution in [1.82, 2.24) is 5.32 Å². The summed E-state index contributed by atoms with van der Waals surface area (Å²) < 4.78 is 16.2. The Labute approximate surface area is 131 Å². The molecular weight excluding hydrogens is 286 g/mol. The minimum atomic E-state index is 0.747. The van der Waals surface area contributed by atoms with Crippen LogP contribution in [-0.4, -0.2) is 39.4 Å². The van der Waals surface area contributed by atoms with E-state index < -0.39 is 0 Å². The van der Waals surface area contributed by atoms with Crippen LogP contribution in [0.15, 0.2) is 12.1 Å². The minimum Gasteiger partial charge on any atom is -0.496 e. The molecule has 1 N–H and O–H groups in total. The van der Waals surface area contributed by atoms with Crippen molar-refractivity contribution in [3.8, 4) is 17.2 Å². The summed E-state index contributed by atoms with van der Waals surface area (Å²) in [5.41, 5.74) is 1.05. The summed E-state index contributed by atoms with van der Waals surface area (Å²) >= 11 is 2.06. The van der Waals surface area contributed by atoms with Gasteiger partial charge in [-0.05, 0) is 36.8 Å². The third-order valence-electron chi connectivity index (χ3n) is 3.89. The second-order valence-corrected chi connectivity index (χ2v) is 6.42. The van der Waals surface area contributed by atoms with Crippen molar-refractivity contribution in [2.75, 3.05) is 39.4 Å². The van der Waals surface area contributed by atoms with Gasteiger partial charge in [-0.25, -0.2) is 0 Å². The van der Waals surface area contributed by atoms with E-state index in [4.69, 9.17) is 14.2 Å². The first kappa shape index (κ1) is 16.3. The van der Waals surface area contributed by atoms with Crippen molar-refractivity contribution in [2.24, 2.45) is 5.92 Å². The minimum absolute atomic E-state index is 0.747. The monoisotopic (exact) mass is 311 g/mol. The zero-order valence-corrected chi connectivity index (χ0v) is 13.9. The highest BCUT2D eigenvalue weighted by Crippen LogP contribution is 2.34. The highest BCUT2D eigenvalue weighted by molar-refractivity contribution is 7.99. The van der Waals surface area contributed by atoms with E-state index in [9.17, 15) is 0 Å². The number of nitrogens with one attached hydrogen (secondary N) is 1. The fraction of sp³-hybridized carbons (Fsp3) is 0.625. The van der Waals surface area contributed by atoms with Crippen LogP contribution in [0.1, 0.15) is 18.4 Å². The van der Waals surface area contributed by atoms with Gasteiger partial charge < -0.3 is 19.5 Å². The van der Waals surface area contributed by atoms with Crippen LogP contribution >= 0.6 is 11.8 Å². The zero-order chi connectivity index (χ0) is 15.1. The molecule has 5 heteroatoms. The number of hydrogen-bond acceptors (Lipinski definition) is 5. The van der Waals surface area contributed by atoms with Crippen LogP contribution in [0, 0.1) is 5.92 Å². The third-order valence-corrected chi connectivity index (χ3v) is 4.94. The van der Waals surface area contributed by atoms with Gasteiger partial charge in [0.15, 0.2) is 0 Å². The molecule has 0 atom stereocenters. The van der Waals surface area contributed by atoms with E-state index >= 15 is 0 Å². The average Bonchev–Trinajstić information content (AvgIpc) is 2.55. The van der Waals surface area contributed by atoms with Gasteiger partial charge in [0.25, 0.3) is 0 Å². The summed E-state index contributed by atoms with van der Waals surface area (Å²) in [5, 5.41) is 3.55. The van der Waals surface area contributed by atoms with E-state index in [2.05, 4.69) is 17.1 Å². The molecule has 0 amide bonds. The SMILES string of the molecule is COc1cc(OC)c(CNCC2CCSCC2)c(OC)c1. The summed E-state index contributed by atoms with van der Waals surface area (Å²) in [6, 6.07) is 3.80. The lowest BCUT2D eigenvalue weighted by molar-refractivity contribution is 0.364. The Bertz CT molecular complexity index is 422. The number of benzene rings is 1. The van der Waals surface area contributed by atoms with Crippen LogP contribution < -0.4 is 19.5 Å². The molecule has 4 nitrogen and oxygen atoms in total. The lowest BCUT2D eigenvalue weighted by Crippen LogP contribution is -2.25. The quantitative estimate of drug-likeness (QED) is 0.838. The zero-order valence-electron chi connectivity index (χ0n) is 13.1. The second kappa shape index (κ2) is 8.39. The average molecular weight is 311 g/mol. The largest absolute Gasteiger partial charge is 0.496 e. The summed E-state index contributed by atoms with van der Waals surface area (Å²) in [4.78, 5) is 0. The molecule has 0 unspecified atom stereocenters. The maximum atomic E-state index is 5.47. The predicted molar refractivity (Wildman–Crippen MR) is 87.9 cm³/mol. The first-order valence-electron chi connectivity index (χ1n) is 7.35. The van der Waals surface area contributed by atoms with Gasteiger partial charge in [-0.15, -0.1) is 0 Å². The van der Waals surface area contributed by atoms with Gasteiger partial charge in [0.05, 0.1) is 26.9 Å². The van der Waals surface area contributed by atoms with Gasteiger partial charge in [0.1, 0.15) is 17.2 Å². The van der Waals surface area contributed by atoms with Crippen molar-refractivity contribution in [2.45, 2.75) is 19.4 Å². The molecule has 21 heavy (non-hydrogen) atoms. The Morgan fingerprint density at radius 2 is 1.67 bits per heavy atom. The molecule has 0 aliphatic carbocycles. The maximum Gasteiger partial charge on any atom is 0.130 e. The Balaban J connectivity index is 2.00. The van der Waals surface area contributed by atoms with E-state index in [-0.39, 0.29) is 0 Å². The third kappa shape index (κ3) is 4.45. The summed E-state index contributed by atoms with van der Waals surface area (Å²) in [6.45, 7) is 1.80. The van der Waals surface area contributed by atoms with Gasteiger partial charge in [-0.1, -0.05) is 0 Å². The molecule has 2 rings (SSSR count). The van der Waals surface area contributed by atoms with Crippen molar-refractivity contribution in [1.29, 1.82) is 0 Å². The first-order valence-corrected chi connectivity index (χ1v) is 8.51. The van der Waals surface area contributed by atoms with Crippen LogP contribution in [0.5, 0.6) is 17.2 Å². The van der Waals surface area contributed by atoms with Crippen LogP contribution in [-0.2, 0) is 6.54 Å². The fourth-order valence-corrected chi connectivity index (χ4v) is 3.81. The number of methoxy groups -OCH3 is 3. The highest BCUT2D eigenvalue weighted by Gasteiger charge is 2.16. The highest BCUT2D eigenvalue weighted by atomic mass is 32.2. The molecule has 1 heterocycles. The smallest absolute Gasteiger partial charge is 0.130 e. The molecule has 1 saturated heterocycles.